The Kier molecular flexibility index (Phi) is 6.39. The summed E-state index contributed by atoms with van der Waals surface area (Å²) in [5, 5.41) is 17.4. The van der Waals surface area contributed by atoms with E-state index in [4.69, 9.17) is 16.7 Å². The number of aromatic nitrogens is 1. The summed E-state index contributed by atoms with van der Waals surface area (Å²) in [5.41, 5.74) is 2.85. The number of nitrogens with zero attached hydrogens (tertiary/aromatic N) is 1. The molecular weight excluding hydrogens is 389 g/mol. The highest BCUT2D eigenvalue weighted by Crippen LogP contribution is 2.23. The van der Waals surface area contributed by atoms with Gasteiger partial charge in [0.05, 0.1) is 16.4 Å². The highest BCUT2D eigenvalue weighted by atomic mass is 35.5. The summed E-state index contributed by atoms with van der Waals surface area (Å²) in [7, 11) is 0. The second-order valence-electron chi connectivity index (χ2n) is 5.75. The molecule has 0 saturated heterocycles. The smallest absolute Gasteiger partial charge is 0.257 e. The van der Waals surface area contributed by atoms with E-state index in [-0.39, 0.29) is 18.3 Å². The van der Waals surface area contributed by atoms with Crippen molar-refractivity contribution in [2.24, 2.45) is 0 Å². The van der Waals surface area contributed by atoms with Crippen LogP contribution in [0.4, 0.5) is 15.2 Å². The Balaban J connectivity index is 1.58. The lowest BCUT2D eigenvalue weighted by molar-refractivity contribution is 0.102. The van der Waals surface area contributed by atoms with Crippen LogP contribution in [0.25, 0.3) is 0 Å². The van der Waals surface area contributed by atoms with E-state index in [1.807, 2.05) is 12.1 Å². The van der Waals surface area contributed by atoms with Crippen LogP contribution in [0.1, 0.15) is 21.6 Å². The number of anilines is 2. The number of carbonyl (C=O) groups is 1. The van der Waals surface area contributed by atoms with Crippen molar-refractivity contribution in [3.8, 4) is 0 Å². The van der Waals surface area contributed by atoms with Crippen LogP contribution in [0.3, 0.4) is 0 Å². The first kappa shape index (κ1) is 19.3. The number of halogens is 2. The van der Waals surface area contributed by atoms with Gasteiger partial charge in [-0.1, -0.05) is 23.7 Å². The van der Waals surface area contributed by atoms with E-state index in [0.29, 0.717) is 34.4 Å². The number of benzene rings is 2. The fourth-order valence-corrected chi connectivity index (χ4v) is 3.34. The van der Waals surface area contributed by atoms with Crippen molar-refractivity contribution in [2.75, 3.05) is 17.2 Å². The topological polar surface area (TPSA) is 74.2 Å². The van der Waals surface area contributed by atoms with Crippen molar-refractivity contribution in [3.05, 3.63) is 75.5 Å². The summed E-state index contributed by atoms with van der Waals surface area (Å²) >= 11 is 7.31. The quantitative estimate of drug-likeness (QED) is 0.546. The minimum absolute atomic E-state index is 0.0236. The van der Waals surface area contributed by atoms with Crippen molar-refractivity contribution in [2.45, 2.75) is 13.0 Å². The lowest BCUT2D eigenvalue weighted by atomic mass is 10.1. The largest absolute Gasteiger partial charge is 0.396 e. The van der Waals surface area contributed by atoms with Crippen molar-refractivity contribution in [3.63, 3.8) is 0 Å². The van der Waals surface area contributed by atoms with Crippen LogP contribution in [0, 0.1) is 5.82 Å². The Morgan fingerprint density at radius 2 is 2.00 bits per heavy atom. The van der Waals surface area contributed by atoms with Gasteiger partial charge >= 0.3 is 0 Å². The molecule has 0 atom stereocenters. The number of aliphatic hydroxyl groups is 1. The highest BCUT2D eigenvalue weighted by Gasteiger charge is 2.09. The zero-order valence-corrected chi connectivity index (χ0v) is 15.8. The molecule has 8 heteroatoms. The third kappa shape index (κ3) is 5.26. The summed E-state index contributed by atoms with van der Waals surface area (Å²) in [4.78, 5) is 16.5. The minimum atomic E-state index is -0.385. The third-order valence-corrected chi connectivity index (χ3v) is 4.89. The molecule has 2 aromatic carbocycles. The van der Waals surface area contributed by atoms with Crippen LogP contribution in [-0.2, 0) is 13.0 Å². The number of thiazole rings is 1. The fraction of sp³-hybridized carbons (Fsp3) is 0.158. The molecule has 1 aromatic heterocycles. The number of nitrogens with one attached hydrogen (secondary N) is 2. The standard InChI is InChI=1S/C19H17ClFN3O2S/c20-16-9-14(21)5-6-17(16)22-10-12-1-3-13(4-2-12)18(26)24-19-23-15(7-8-25)11-27-19/h1-6,9,11,22,25H,7-8,10H2,(H,23,24,26). The Morgan fingerprint density at radius 3 is 2.70 bits per heavy atom. The van der Waals surface area contributed by atoms with E-state index >= 15 is 0 Å². The van der Waals surface area contributed by atoms with Gasteiger partial charge in [0.1, 0.15) is 5.82 Å². The van der Waals surface area contributed by atoms with Crippen molar-refractivity contribution < 1.29 is 14.3 Å². The van der Waals surface area contributed by atoms with Gasteiger partial charge in [-0.25, -0.2) is 9.37 Å². The van der Waals surface area contributed by atoms with E-state index in [0.717, 1.165) is 11.3 Å². The van der Waals surface area contributed by atoms with E-state index < -0.39 is 0 Å². The van der Waals surface area contributed by atoms with Crippen LogP contribution in [0.2, 0.25) is 5.02 Å². The van der Waals surface area contributed by atoms with Gasteiger partial charge in [0.2, 0.25) is 0 Å². The van der Waals surface area contributed by atoms with E-state index in [9.17, 15) is 9.18 Å². The molecule has 0 saturated carbocycles. The molecule has 0 aliphatic heterocycles. The normalized spacial score (nSPS) is 10.6. The number of aliphatic hydroxyl groups excluding tert-OH is 1. The summed E-state index contributed by atoms with van der Waals surface area (Å²) in [6, 6.07) is 11.3. The fourth-order valence-electron chi connectivity index (χ4n) is 2.37. The Labute approximate surface area is 164 Å². The van der Waals surface area contributed by atoms with Crippen LogP contribution in [0.15, 0.2) is 47.8 Å². The molecule has 3 rings (SSSR count). The van der Waals surface area contributed by atoms with Crippen LogP contribution in [-0.4, -0.2) is 22.6 Å². The van der Waals surface area contributed by atoms with E-state index in [1.165, 1.54) is 23.5 Å². The molecule has 0 spiro atoms. The Bertz CT molecular complexity index is 931. The average Bonchev–Trinajstić information content (AvgIpc) is 3.09. The lowest BCUT2D eigenvalue weighted by Crippen LogP contribution is -2.12. The molecule has 0 radical (unpaired) electrons. The molecule has 0 aliphatic rings. The predicted octanol–water partition coefficient (Wildman–Crippen LogP) is 4.33. The van der Waals surface area contributed by atoms with Crippen molar-refractivity contribution >= 4 is 39.7 Å². The van der Waals surface area contributed by atoms with Gasteiger partial charge in [-0.3, -0.25) is 10.1 Å². The second kappa shape index (κ2) is 8.94. The van der Waals surface area contributed by atoms with Crippen molar-refractivity contribution in [1.82, 2.24) is 4.98 Å². The number of amides is 1. The maximum Gasteiger partial charge on any atom is 0.257 e. The first-order chi connectivity index (χ1) is 13.0. The van der Waals surface area contributed by atoms with Gasteiger partial charge in [-0.05, 0) is 35.9 Å². The SMILES string of the molecule is O=C(Nc1nc(CCO)cs1)c1ccc(CNc2ccc(F)cc2Cl)cc1. The van der Waals surface area contributed by atoms with Gasteiger partial charge in [-0.15, -0.1) is 11.3 Å². The zero-order valence-electron chi connectivity index (χ0n) is 14.2. The molecule has 0 unspecified atom stereocenters. The molecule has 0 fully saturated rings. The van der Waals surface area contributed by atoms with E-state index in [2.05, 4.69) is 15.6 Å². The molecule has 1 heterocycles. The zero-order chi connectivity index (χ0) is 19.2. The Hall–Kier alpha value is -2.48. The third-order valence-electron chi connectivity index (χ3n) is 3.77. The highest BCUT2D eigenvalue weighted by molar-refractivity contribution is 7.14. The summed E-state index contributed by atoms with van der Waals surface area (Å²) < 4.78 is 13.1. The first-order valence-corrected chi connectivity index (χ1v) is 9.45. The molecular formula is C19H17ClFN3O2S. The molecule has 5 nitrogen and oxygen atoms in total. The number of hydrogen-bond acceptors (Lipinski definition) is 5. The molecule has 27 heavy (non-hydrogen) atoms. The number of carbonyl (C=O) groups excluding carboxylic acids is 1. The first-order valence-electron chi connectivity index (χ1n) is 8.19. The average molecular weight is 406 g/mol. The van der Waals surface area contributed by atoms with Gasteiger partial charge in [0.25, 0.3) is 5.91 Å². The maximum atomic E-state index is 13.1. The van der Waals surface area contributed by atoms with Gasteiger partial charge in [-0.2, -0.15) is 0 Å². The molecule has 0 bridgehead atoms. The van der Waals surface area contributed by atoms with Gasteiger partial charge in [0, 0.05) is 30.5 Å². The molecule has 140 valence electrons. The van der Waals surface area contributed by atoms with E-state index in [1.54, 1.807) is 23.6 Å². The summed E-state index contributed by atoms with van der Waals surface area (Å²) in [6.45, 7) is 0.514. The minimum Gasteiger partial charge on any atom is -0.396 e. The van der Waals surface area contributed by atoms with Crippen LogP contribution in [0.5, 0.6) is 0 Å². The summed E-state index contributed by atoms with van der Waals surface area (Å²) in [5.74, 6) is -0.634. The number of hydrogen-bond donors (Lipinski definition) is 3. The van der Waals surface area contributed by atoms with Gasteiger partial charge < -0.3 is 10.4 Å². The molecule has 0 aliphatic carbocycles. The predicted molar refractivity (Wildman–Crippen MR) is 106 cm³/mol. The molecule has 1 amide bonds. The van der Waals surface area contributed by atoms with Crippen LogP contribution >= 0.6 is 22.9 Å². The van der Waals surface area contributed by atoms with Crippen molar-refractivity contribution in [1.29, 1.82) is 0 Å². The summed E-state index contributed by atoms with van der Waals surface area (Å²) in [6.07, 6.45) is 0.464. The number of rotatable bonds is 7. The lowest BCUT2D eigenvalue weighted by Gasteiger charge is -2.09. The maximum absolute atomic E-state index is 13.1. The molecule has 3 N–H and O–H groups in total. The van der Waals surface area contributed by atoms with Crippen LogP contribution < -0.4 is 10.6 Å². The monoisotopic (exact) mass is 405 g/mol. The van der Waals surface area contributed by atoms with Gasteiger partial charge in [0.15, 0.2) is 5.13 Å². The Morgan fingerprint density at radius 1 is 1.22 bits per heavy atom. The molecule has 3 aromatic rings. The second-order valence-corrected chi connectivity index (χ2v) is 7.01.